The zero-order valence-corrected chi connectivity index (χ0v) is 20.7. The van der Waals surface area contributed by atoms with Crippen molar-refractivity contribution < 1.29 is 14.3 Å². The Morgan fingerprint density at radius 1 is 1.26 bits per heavy atom. The van der Waals surface area contributed by atoms with Crippen molar-refractivity contribution in [3.63, 3.8) is 0 Å². The molecule has 1 aromatic heterocycles. The maximum absolute atomic E-state index is 13.1. The number of amides is 2. The van der Waals surface area contributed by atoms with Crippen molar-refractivity contribution in [2.24, 2.45) is 11.8 Å². The van der Waals surface area contributed by atoms with E-state index in [1.54, 1.807) is 0 Å². The molecule has 1 aliphatic carbocycles. The molecule has 1 heterocycles. The van der Waals surface area contributed by atoms with Gasteiger partial charge in [-0.25, -0.2) is 4.79 Å². The second-order valence-corrected chi connectivity index (χ2v) is 10.6. The molecule has 2 rings (SSSR count). The lowest BCUT2D eigenvalue weighted by Gasteiger charge is -2.43. The van der Waals surface area contributed by atoms with Crippen molar-refractivity contribution in [1.29, 1.82) is 0 Å². The third-order valence-corrected chi connectivity index (χ3v) is 6.20. The molecular formula is C24H42N4O3. The summed E-state index contributed by atoms with van der Waals surface area (Å²) in [4.78, 5) is 25.4. The Kier molecular flexibility index (Phi) is 8.17. The monoisotopic (exact) mass is 434 g/mol. The van der Waals surface area contributed by atoms with Gasteiger partial charge in [0.2, 0.25) is 5.91 Å². The van der Waals surface area contributed by atoms with Gasteiger partial charge in [-0.15, -0.1) is 0 Å². The molecule has 0 aliphatic heterocycles. The van der Waals surface area contributed by atoms with Gasteiger partial charge >= 0.3 is 6.09 Å². The quantitative estimate of drug-likeness (QED) is 0.670. The van der Waals surface area contributed by atoms with Gasteiger partial charge in [0.05, 0.1) is 17.7 Å². The van der Waals surface area contributed by atoms with Crippen molar-refractivity contribution >= 4 is 12.0 Å². The Balaban J connectivity index is 2.12. The summed E-state index contributed by atoms with van der Waals surface area (Å²) in [6.45, 7) is 17.2. The largest absolute Gasteiger partial charge is 0.444 e. The first kappa shape index (κ1) is 25.2. The lowest BCUT2D eigenvalue weighted by molar-refractivity contribution is -0.123. The Morgan fingerprint density at radius 2 is 1.94 bits per heavy atom. The van der Waals surface area contributed by atoms with Crippen molar-refractivity contribution in [1.82, 2.24) is 20.4 Å². The highest BCUT2D eigenvalue weighted by Crippen LogP contribution is 2.33. The summed E-state index contributed by atoms with van der Waals surface area (Å²) in [5.74, 6) is 0.742. The number of hydrogen-bond acceptors (Lipinski definition) is 4. The summed E-state index contributed by atoms with van der Waals surface area (Å²) in [5, 5.41) is 10.9. The minimum absolute atomic E-state index is 0.0185. The highest BCUT2D eigenvalue weighted by atomic mass is 16.6. The van der Waals surface area contributed by atoms with Crippen LogP contribution in [0.3, 0.4) is 0 Å². The molecule has 1 saturated carbocycles. The van der Waals surface area contributed by atoms with Crippen molar-refractivity contribution in [3.8, 4) is 0 Å². The van der Waals surface area contributed by atoms with Crippen molar-refractivity contribution in [2.75, 3.05) is 6.54 Å². The molecular weight excluding hydrogens is 392 g/mol. The number of rotatable bonds is 7. The van der Waals surface area contributed by atoms with Crippen LogP contribution in [0.15, 0.2) is 0 Å². The summed E-state index contributed by atoms with van der Waals surface area (Å²) in [7, 11) is 0. The fourth-order valence-electron chi connectivity index (χ4n) is 4.45. The molecule has 0 saturated heterocycles. The van der Waals surface area contributed by atoms with Gasteiger partial charge in [0.15, 0.2) is 0 Å². The standard InChI is InChI=1S/C24H42N4O3/c1-16(2)14-28-19(5)20(18(4)27-28)13-21(29)26-24(12-10-9-11-17(24)3)15-25-22(30)31-23(6,7)8/h16-17H,9-15H2,1-8H3,(H,25,30)(H,26,29)/t17-,24+/m1/s1. The van der Waals surface area contributed by atoms with Gasteiger partial charge in [0.25, 0.3) is 0 Å². The minimum Gasteiger partial charge on any atom is -0.444 e. The Labute approximate surface area is 187 Å². The fourth-order valence-corrected chi connectivity index (χ4v) is 4.45. The van der Waals surface area contributed by atoms with Gasteiger partial charge in [0, 0.05) is 24.3 Å². The molecule has 0 radical (unpaired) electrons. The Morgan fingerprint density at radius 3 is 2.52 bits per heavy atom. The fraction of sp³-hybridized carbons (Fsp3) is 0.792. The number of carbonyl (C=O) groups excluding carboxylic acids is 2. The molecule has 7 nitrogen and oxygen atoms in total. The van der Waals surface area contributed by atoms with Crippen molar-refractivity contribution in [3.05, 3.63) is 17.0 Å². The molecule has 0 spiro atoms. The normalized spacial score (nSPS) is 21.8. The molecule has 0 unspecified atom stereocenters. The molecule has 0 aromatic carbocycles. The Bertz CT molecular complexity index is 779. The summed E-state index contributed by atoms with van der Waals surface area (Å²) in [6, 6.07) is 0. The SMILES string of the molecule is Cc1nn(CC(C)C)c(C)c1CC(=O)N[C@]1(CNC(=O)OC(C)(C)C)CCCC[C@H]1C. The van der Waals surface area contributed by atoms with E-state index < -0.39 is 17.2 Å². The summed E-state index contributed by atoms with van der Waals surface area (Å²) in [5.41, 5.74) is 1.95. The first-order valence-electron chi connectivity index (χ1n) is 11.6. The third-order valence-electron chi connectivity index (χ3n) is 6.20. The van der Waals surface area contributed by atoms with Gasteiger partial charge in [0.1, 0.15) is 5.60 Å². The molecule has 2 N–H and O–H groups in total. The van der Waals surface area contributed by atoms with Crippen LogP contribution >= 0.6 is 0 Å². The highest BCUT2D eigenvalue weighted by molar-refractivity contribution is 5.80. The first-order valence-corrected chi connectivity index (χ1v) is 11.6. The number of alkyl carbamates (subject to hydrolysis) is 1. The van der Waals surface area contributed by atoms with E-state index in [1.807, 2.05) is 39.3 Å². The predicted octanol–water partition coefficient (Wildman–Crippen LogP) is 4.29. The summed E-state index contributed by atoms with van der Waals surface area (Å²) < 4.78 is 7.41. The number of nitrogens with zero attached hydrogens (tertiary/aromatic N) is 2. The minimum atomic E-state index is -0.552. The second-order valence-electron chi connectivity index (χ2n) is 10.6. The van der Waals surface area contributed by atoms with E-state index in [2.05, 4.69) is 36.5 Å². The zero-order chi connectivity index (χ0) is 23.4. The molecule has 31 heavy (non-hydrogen) atoms. The molecule has 7 heteroatoms. The van der Waals surface area contributed by atoms with E-state index in [0.29, 0.717) is 18.9 Å². The van der Waals surface area contributed by atoms with Gasteiger partial charge in [-0.1, -0.05) is 33.6 Å². The average molecular weight is 435 g/mol. The number of aromatic nitrogens is 2. The topological polar surface area (TPSA) is 85.3 Å². The number of nitrogens with one attached hydrogen (secondary N) is 2. The van der Waals surface area contributed by atoms with Crippen LogP contribution < -0.4 is 10.6 Å². The van der Waals surface area contributed by atoms with E-state index >= 15 is 0 Å². The lowest BCUT2D eigenvalue weighted by atomic mass is 9.73. The highest BCUT2D eigenvalue weighted by Gasteiger charge is 2.40. The Hall–Kier alpha value is -2.05. The number of ether oxygens (including phenoxy) is 1. The summed E-state index contributed by atoms with van der Waals surface area (Å²) in [6.07, 6.45) is 3.91. The molecule has 0 bridgehead atoms. The predicted molar refractivity (Wildman–Crippen MR) is 123 cm³/mol. The first-order chi connectivity index (χ1) is 14.3. The average Bonchev–Trinajstić information content (AvgIpc) is 2.88. The van der Waals surface area contributed by atoms with Crippen LogP contribution in [0.25, 0.3) is 0 Å². The van der Waals surface area contributed by atoms with Crippen LogP contribution in [-0.4, -0.2) is 39.5 Å². The van der Waals surface area contributed by atoms with E-state index in [4.69, 9.17) is 4.74 Å². The van der Waals surface area contributed by atoms with E-state index in [0.717, 1.165) is 49.2 Å². The van der Waals surface area contributed by atoms with E-state index in [9.17, 15) is 9.59 Å². The van der Waals surface area contributed by atoms with Gasteiger partial charge in [-0.05, 0) is 59.3 Å². The van der Waals surface area contributed by atoms with Crippen LogP contribution in [0.5, 0.6) is 0 Å². The lowest BCUT2D eigenvalue weighted by Crippen LogP contribution is -2.61. The van der Waals surface area contributed by atoms with Crippen LogP contribution in [0.4, 0.5) is 4.79 Å². The maximum atomic E-state index is 13.1. The zero-order valence-electron chi connectivity index (χ0n) is 20.7. The maximum Gasteiger partial charge on any atom is 0.407 e. The second kappa shape index (κ2) is 10.0. The number of hydrogen-bond donors (Lipinski definition) is 2. The van der Waals surface area contributed by atoms with E-state index in [1.165, 1.54) is 0 Å². The van der Waals surface area contributed by atoms with Crippen LogP contribution in [0, 0.1) is 25.7 Å². The van der Waals surface area contributed by atoms with E-state index in [-0.39, 0.29) is 11.8 Å². The van der Waals surface area contributed by atoms with Gasteiger partial charge in [-0.3, -0.25) is 9.48 Å². The molecule has 1 fully saturated rings. The van der Waals surface area contributed by atoms with Crippen LogP contribution in [0.2, 0.25) is 0 Å². The van der Waals surface area contributed by atoms with Gasteiger partial charge in [-0.2, -0.15) is 5.10 Å². The van der Waals surface area contributed by atoms with Crippen molar-refractivity contribution in [2.45, 2.75) is 105 Å². The van der Waals surface area contributed by atoms with Crippen LogP contribution in [0.1, 0.15) is 84.2 Å². The molecule has 176 valence electrons. The molecule has 2 atom stereocenters. The molecule has 1 aromatic rings. The number of aryl methyl sites for hydroxylation is 1. The molecule has 2 amide bonds. The third kappa shape index (κ3) is 6.97. The smallest absolute Gasteiger partial charge is 0.407 e. The molecule has 1 aliphatic rings. The van der Waals surface area contributed by atoms with Crippen LogP contribution in [-0.2, 0) is 22.5 Å². The van der Waals surface area contributed by atoms with Gasteiger partial charge < -0.3 is 15.4 Å². The number of carbonyl (C=O) groups is 2. The summed E-state index contributed by atoms with van der Waals surface area (Å²) >= 11 is 0.